The lowest BCUT2D eigenvalue weighted by atomic mass is 10.0. The molecule has 3 rings (SSSR count). The summed E-state index contributed by atoms with van der Waals surface area (Å²) in [5, 5.41) is 12.4. The van der Waals surface area contributed by atoms with Gasteiger partial charge in [0.15, 0.2) is 0 Å². The van der Waals surface area contributed by atoms with Crippen molar-refractivity contribution in [2.24, 2.45) is 0 Å². The van der Waals surface area contributed by atoms with Gasteiger partial charge in [-0.3, -0.25) is 4.79 Å². The molecule has 30 heavy (non-hydrogen) atoms. The van der Waals surface area contributed by atoms with E-state index in [4.69, 9.17) is 16.3 Å². The number of nitriles is 1. The minimum atomic E-state index is -0.562. The van der Waals surface area contributed by atoms with Crippen LogP contribution in [0.3, 0.4) is 0 Å². The normalized spacial score (nSPS) is 10.9. The van der Waals surface area contributed by atoms with Crippen molar-refractivity contribution in [3.05, 3.63) is 99.8 Å². The Hall–Kier alpha value is -3.62. The zero-order chi connectivity index (χ0) is 21.5. The Morgan fingerprint density at radius 2 is 1.97 bits per heavy atom. The van der Waals surface area contributed by atoms with E-state index in [9.17, 15) is 14.4 Å². The Labute approximate surface area is 179 Å². The van der Waals surface area contributed by atoms with Crippen LogP contribution in [0.15, 0.2) is 72.3 Å². The second-order valence-electron chi connectivity index (χ2n) is 6.48. The first-order chi connectivity index (χ1) is 14.5. The summed E-state index contributed by atoms with van der Waals surface area (Å²) < 4.78 is 18.9. The zero-order valence-electron chi connectivity index (χ0n) is 16.2. The summed E-state index contributed by atoms with van der Waals surface area (Å²) in [5.74, 6) is -0.278. The van der Waals surface area contributed by atoms with Gasteiger partial charge in [-0.1, -0.05) is 48.0 Å². The molecule has 0 spiro atoms. The number of methoxy groups -OCH3 is 1. The fourth-order valence-corrected chi connectivity index (χ4v) is 3.11. The van der Waals surface area contributed by atoms with Crippen molar-refractivity contribution in [3.63, 3.8) is 0 Å². The number of hydrogen-bond donors (Lipinski definition) is 1. The van der Waals surface area contributed by atoms with Crippen LogP contribution in [0.4, 0.5) is 10.1 Å². The summed E-state index contributed by atoms with van der Waals surface area (Å²) in [6.07, 6.45) is 1.96. The highest BCUT2D eigenvalue weighted by atomic mass is 35.5. The molecule has 0 aliphatic rings. The van der Waals surface area contributed by atoms with Gasteiger partial charge >= 0.3 is 0 Å². The van der Waals surface area contributed by atoms with Gasteiger partial charge in [0, 0.05) is 6.42 Å². The predicted octanol–water partition coefficient (Wildman–Crippen LogP) is 5.62. The quantitative estimate of drug-likeness (QED) is 0.415. The number of carbonyl (C=O) groups is 1. The molecule has 1 amide bonds. The van der Waals surface area contributed by atoms with E-state index in [2.05, 4.69) is 5.32 Å². The summed E-state index contributed by atoms with van der Waals surface area (Å²) in [6, 6.07) is 20.4. The van der Waals surface area contributed by atoms with Crippen LogP contribution in [0.2, 0.25) is 5.02 Å². The second-order valence-corrected chi connectivity index (χ2v) is 6.89. The number of amides is 1. The third kappa shape index (κ3) is 5.25. The molecule has 6 heteroatoms. The van der Waals surface area contributed by atoms with Gasteiger partial charge in [-0.05, 0) is 53.1 Å². The number of benzene rings is 3. The van der Waals surface area contributed by atoms with E-state index in [0.717, 1.165) is 11.1 Å². The number of carbonyl (C=O) groups excluding carboxylic acids is 1. The Kier molecular flexibility index (Phi) is 6.84. The second kappa shape index (κ2) is 9.73. The Morgan fingerprint density at radius 3 is 2.67 bits per heavy atom. The Bertz CT molecular complexity index is 1150. The van der Waals surface area contributed by atoms with Crippen molar-refractivity contribution in [2.75, 3.05) is 12.4 Å². The van der Waals surface area contributed by atoms with Crippen molar-refractivity contribution >= 4 is 29.3 Å². The summed E-state index contributed by atoms with van der Waals surface area (Å²) in [7, 11) is 1.53. The average Bonchev–Trinajstić information content (AvgIpc) is 2.74. The average molecular weight is 421 g/mol. The molecule has 0 unspecified atom stereocenters. The van der Waals surface area contributed by atoms with E-state index in [1.54, 1.807) is 42.5 Å². The highest BCUT2D eigenvalue weighted by molar-refractivity contribution is 6.34. The lowest BCUT2D eigenvalue weighted by Crippen LogP contribution is -2.13. The molecule has 0 atom stereocenters. The smallest absolute Gasteiger partial charge is 0.266 e. The zero-order valence-corrected chi connectivity index (χ0v) is 16.9. The molecule has 0 fully saturated rings. The van der Waals surface area contributed by atoms with Crippen LogP contribution < -0.4 is 10.1 Å². The van der Waals surface area contributed by atoms with Crippen LogP contribution in [-0.2, 0) is 11.2 Å². The van der Waals surface area contributed by atoms with E-state index in [0.29, 0.717) is 28.4 Å². The molecule has 4 nitrogen and oxygen atoms in total. The van der Waals surface area contributed by atoms with Gasteiger partial charge in [0.2, 0.25) is 0 Å². The molecule has 0 bridgehead atoms. The van der Waals surface area contributed by atoms with E-state index in [1.807, 2.05) is 18.2 Å². The molecule has 1 N–H and O–H groups in total. The monoisotopic (exact) mass is 420 g/mol. The van der Waals surface area contributed by atoms with Crippen LogP contribution >= 0.6 is 11.6 Å². The van der Waals surface area contributed by atoms with Crippen LogP contribution in [0.1, 0.15) is 16.7 Å². The fraction of sp³-hybridized carbons (Fsp3) is 0.0833. The molecule has 0 aliphatic carbocycles. The van der Waals surface area contributed by atoms with Crippen molar-refractivity contribution < 1.29 is 13.9 Å². The van der Waals surface area contributed by atoms with Crippen molar-refractivity contribution in [2.45, 2.75) is 6.42 Å². The number of hydrogen-bond acceptors (Lipinski definition) is 3. The highest BCUT2D eigenvalue weighted by Crippen LogP contribution is 2.25. The third-order valence-corrected chi connectivity index (χ3v) is 4.72. The lowest BCUT2D eigenvalue weighted by Gasteiger charge is -2.10. The van der Waals surface area contributed by atoms with Gasteiger partial charge in [0.1, 0.15) is 23.2 Å². The van der Waals surface area contributed by atoms with E-state index >= 15 is 0 Å². The van der Waals surface area contributed by atoms with Gasteiger partial charge in [-0.2, -0.15) is 5.26 Å². The van der Waals surface area contributed by atoms with E-state index in [1.165, 1.54) is 25.3 Å². The summed E-state index contributed by atoms with van der Waals surface area (Å²) in [6.45, 7) is 0. The third-order valence-electron chi connectivity index (χ3n) is 4.39. The van der Waals surface area contributed by atoms with Crippen LogP contribution in [-0.4, -0.2) is 13.0 Å². The van der Waals surface area contributed by atoms with Crippen molar-refractivity contribution in [1.82, 2.24) is 0 Å². The van der Waals surface area contributed by atoms with E-state index < -0.39 is 5.91 Å². The molecule has 0 radical (unpaired) electrons. The molecule has 0 saturated carbocycles. The molecule has 150 valence electrons. The van der Waals surface area contributed by atoms with Gasteiger partial charge in [-0.25, -0.2) is 4.39 Å². The number of ether oxygens (including phenoxy) is 1. The minimum absolute atomic E-state index is 0.0742. The number of anilines is 1. The predicted molar refractivity (Wildman–Crippen MR) is 116 cm³/mol. The van der Waals surface area contributed by atoms with E-state index in [-0.39, 0.29) is 11.4 Å². The van der Waals surface area contributed by atoms with Gasteiger partial charge < -0.3 is 10.1 Å². The summed E-state index contributed by atoms with van der Waals surface area (Å²) in [5.41, 5.74) is 2.65. The first-order valence-electron chi connectivity index (χ1n) is 9.09. The Morgan fingerprint density at radius 1 is 1.17 bits per heavy atom. The largest absolute Gasteiger partial charge is 0.496 e. The molecule has 0 heterocycles. The molecular weight excluding hydrogens is 403 g/mol. The van der Waals surface area contributed by atoms with Gasteiger partial charge in [-0.15, -0.1) is 0 Å². The number of rotatable bonds is 6. The van der Waals surface area contributed by atoms with Gasteiger partial charge in [0.05, 0.1) is 17.8 Å². The molecule has 0 saturated heterocycles. The summed E-state index contributed by atoms with van der Waals surface area (Å²) >= 11 is 6.05. The lowest BCUT2D eigenvalue weighted by molar-refractivity contribution is -0.112. The van der Waals surface area contributed by atoms with Crippen molar-refractivity contribution in [1.29, 1.82) is 5.26 Å². The van der Waals surface area contributed by atoms with Crippen LogP contribution in [0.5, 0.6) is 5.75 Å². The Balaban J connectivity index is 1.83. The summed E-state index contributed by atoms with van der Waals surface area (Å²) in [4.78, 5) is 12.5. The maximum absolute atomic E-state index is 13.4. The SMILES string of the molecule is COc1cc(/C=C(\C#N)C(=O)Nc2ccccc2Cl)ccc1Cc1cccc(F)c1. The van der Waals surface area contributed by atoms with Crippen LogP contribution in [0.25, 0.3) is 6.08 Å². The molecule has 0 aromatic heterocycles. The number of halogens is 2. The number of para-hydroxylation sites is 1. The maximum Gasteiger partial charge on any atom is 0.266 e. The molecule has 3 aromatic carbocycles. The number of nitrogens with zero attached hydrogens (tertiary/aromatic N) is 1. The van der Waals surface area contributed by atoms with Crippen molar-refractivity contribution in [3.8, 4) is 11.8 Å². The van der Waals surface area contributed by atoms with Gasteiger partial charge in [0.25, 0.3) is 5.91 Å². The maximum atomic E-state index is 13.4. The molecule has 0 aliphatic heterocycles. The first-order valence-corrected chi connectivity index (χ1v) is 9.47. The number of nitrogens with one attached hydrogen (secondary N) is 1. The highest BCUT2D eigenvalue weighted by Gasteiger charge is 2.12. The first kappa shape index (κ1) is 21.1. The molecular formula is C24H18ClFN2O2. The fourth-order valence-electron chi connectivity index (χ4n) is 2.93. The minimum Gasteiger partial charge on any atom is -0.496 e. The standard InChI is InChI=1S/C24H18ClFN2O2/c1-30-23-14-17(9-10-18(23)11-16-5-4-6-20(26)13-16)12-19(15-27)24(29)28-22-8-3-2-7-21(22)25/h2-10,12-14H,11H2,1H3,(H,28,29)/b19-12+. The van der Waals surface area contributed by atoms with Crippen LogP contribution in [0, 0.1) is 17.1 Å². The molecule has 3 aromatic rings. The topological polar surface area (TPSA) is 62.1 Å².